The van der Waals surface area contributed by atoms with Crippen molar-refractivity contribution in [2.75, 3.05) is 26.2 Å². The minimum absolute atomic E-state index is 0.138. The minimum atomic E-state index is -0.138. The van der Waals surface area contributed by atoms with E-state index in [1.807, 2.05) is 4.90 Å². The number of ether oxygens (including phenoxy) is 1. The summed E-state index contributed by atoms with van der Waals surface area (Å²) in [5.74, 6) is 0.218. The van der Waals surface area contributed by atoms with E-state index in [1.165, 1.54) is 19.3 Å². The Morgan fingerprint density at radius 2 is 2.19 bits per heavy atom. The van der Waals surface area contributed by atoms with Gasteiger partial charge in [-0.25, -0.2) is 0 Å². The van der Waals surface area contributed by atoms with Crippen LogP contribution in [0.1, 0.15) is 32.1 Å². The Morgan fingerprint density at radius 3 is 2.81 bits per heavy atom. The van der Waals surface area contributed by atoms with Crippen molar-refractivity contribution in [3.8, 4) is 0 Å². The summed E-state index contributed by atoms with van der Waals surface area (Å²) in [4.78, 5) is 14.0. The number of amides is 1. The van der Waals surface area contributed by atoms with Crippen molar-refractivity contribution in [1.29, 1.82) is 0 Å². The highest BCUT2D eigenvalue weighted by atomic mass is 16.5. The van der Waals surface area contributed by atoms with Crippen LogP contribution in [0.4, 0.5) is 0 Å². The van der Waals surface area contributed by atoms with Gasteiger partial charge in [0.2, 0.25) is 0 Å². The molecule has 0 bridgehead atoms. The SMILES string of the molecule is O=C([C@@H]1CCCO1)N1CC2(CCCCN2)C1. The van der Waals surface area contributed by atoms with Crippen molar-refractivity contribution < 1.29 is 9.53 Å². The van der Waals surface area contributed by atoms with Crippen molar-refractivity contribution in [2.45, 2.75) is 43.7 Å². The quantitative estimate of drug-likeness (QED) is 0.706. The second-order valence-corrected chi connectivity index (χ2v) is 5.36. The van der Waals surface area contributed by atoms with Crippen LogP contribution in [-0.2, 0) is 9.53 Å². The number of piperidine rings is 1. The van der Waals surface area contributed by atoms with Crippen LogP contribution in [0.3, 0.4) is 0 Å². The predicted octanol–water partition coefficient (Wildman–Crippen LogP) is 0.520. The van der Waals surface area contributed by atoms with Gasteiger partial charge in [0.1, 0.15) is 6.10 Å². The van der Waals surface area contributed by atoms with Crippen LogP contribution in [0.5, 0.6) is 0 Å². The number of carbonyl (C=O) groups excluding carboxylic acids is 1. The highest BCUT2D eigenvalue weighted by Crippen LogP contribution is 2.31. The summed E-state index contributed by atoms with van der Waals surface area (Å²) >= 11 is 0. The molecule has 1 atom stereocenters. The molecule has 0 radical (unpaired) electrons. The highest BCUT2D eigenvalue weighted by Gasteiger charge is 2.47. The molecule has 90 valence electrons. The van der Waals surface area contributed by atoms with E-state index >= 15 is 0 Å². The molecule has 1 amide bonds. The van der Waals surface area contributed by atoms with Gasteiger partial charge in [0.15, 0.2) is 0 Å². The van der Waals surface area contributed by atoms with E-state index in [9.17, 15) is 4.79 Å². The van der Waals surface area contributed by atoms with Crippen LogP contribution in [-0.4, -0.2) is 48.7 Å². The summed E-state index contributed by atoms with van der Waals surface area (Å²) in [7, 11) is 0. The van der Waals surface area contributed by atoms with Crippen LogP contribution in [0, 0.1) is 0 Å². The molecule has 0 saturated carbocycles. The topological polar surface area (TPSA) is 41.6 Å². The standard InChI is InChI=1S/C12H20N2O2/c15-11(10-4-3-7-16-10)14-8-12(9-14)5-1-2-6-13-12/h10,13H,1-9H2/t10-/m0/s1. The van der Waals surface area contributed by atoms with Gasteiger partial charge in [-0.3, -0.25) is 4.79 Å². The Kier molecular flexibility index (Phi) is 2.64. The summed E-state index contributed by atoms with van der Waals surface area (Å²) in [5, 5.41) is 3.57. The molecule has 0 aromatic rings. The van der Waals surface area contributed by atoms with Gasteiger partial charge >= 0.3 is 0 Å². The predicted molar refractivity (Wildman–Crippen MR) is 60.1 cm³/mol. The molecular weight excluding hydrogens is 204 g/mol. The van der Waals surface area contributed by atoms with E-state index in [1.54, 1.807) is 0 Å². The fourth-order valence-electron chi connectivity index (χ4n) is 3.12. The zero-order chi connectivity index (χ0) is 11.0. The summed E-state index contributed by atoms with van der Waals surface area (Å²) < 4.78 is 5.44. The first-order chi connectivity index (χ1) is 7.79. The smallest absolute Gasteiger partial charge is 0.251 e. The number of hydrogen-bond donors (Lipinski definition) is 1. The van der Waals surface area contributed by atoms with Gasteiger partial charge in [-0.15, -0.1) is 0 Å². The van der Waals surface area contributed by atoms with Gasteiger partial charge < -0.3 is 15.0 Å². The fraction of sp³-hybridized carbons (Fsp3) is 0.917. The molecule has 1 N–H and O–H groups in total. The van der Waals surface area contributed by atoms with Gasteiger partial charge in [0.05, 0.1) is 5.54 Å². The molecule has 3 aliphatic rings. The van der Waals surface area contributed by atoms with Crippen molar-refractivity contribution in [3.63, 3.8) is 0 Å². The number of hydrogen-bond acceptors (Lipinski definition) is 3. The maximum Gasteiger partial charge on any atom is 0.251 e. The molecule has 0 aromatic heterocycles. The third-order valence-corrected chi connectivity index (χ3v) is 4.09. The fourth-order valence-corrected chi connectivity index (χ4v) is 3.12. The molecule has 3 fully saturated rings. The lowest BCUT2D eigenvalue weighted by molar-refractivity contribution is -0.150. The van der Waals surface area contributed by atoms with E-state index in [4.69, 9.17) is 4.74 Å². The van der Waals surface area contributed by atoms with Crippen LogP contribution >= 0.6 is 0 Å². The Bertz CT molecular complexity index is 273. The average molecular weight is 224 g/mol. The third kappa shape index (κ3) is 1.74. The van der Waals surface area contributed by atoms with Gasteiger partial charge in [-0.05, 0) is 32.2 Å². The number of likely N-dealkylation sites (tertiary alicyclic amines) is 1. The lowest BCUT2D eigenvalue weighted by atomic mass is 9.81. The van der Waals surface area contributed by atoms with E-state index in [-0.39, 0.29) is 17.6 Å². The van der Waals surface area contributed by atoms with Crippen LogP contribution in [0.25, 0.3) is 0 Å². The molecule has 16 heavy (non-hydrogen) atoms. The van der Waals surface area contributed by atoms with Gasteiger partial charge in [-0.1, -0.05) is 6.42 Å². The molecule has 4 heteroatoms. The maximum atomic E-state index is 12.0. The lowest BCUT2D eigenvalue weighted by Crippen LogP contribution is -2.72. The van der Waals surface area contributed by atoms with Gasteiger partial charge in [0.25, 0.3) is 5.91 Å². The van der Waals surface area contributed by atoms with Crippen molar-refractivity contribution >= 4 is 5.91 Å². The van der Waals surface area contributed by atoms with Crippen LogP contribution < -0.4 is 5.32 Å². The molecular formula is C12H20N2O2. The van der Waals surface area contributed by atoms with E-state index < -0.39 is 0 Å². The van der Waals surface area contributed by atoms with Gasteiger partial charge in [-0.2, -0.15) is 0 Å². The van der Waals surface area contributed by atoms with E-state index in [0.29, 0.717) is 0 Å². The third-order valence-electron chi connectivity index (χ3n) is 4.09. The highest BCUT2D eigenvalue weighted by molar-refractivity contribution is 5.82. The minimum Gasteiger partial charge on any atom is -0.368 e. The average Bonchev–Trinajstić information content (AvgIpc) is 2.79. The molecule has 1 spiro atoms. The van der Waals surface area contributed by atoms with Crippen molar-refractivity contribution in [1.82, 2.24) is 10.2 Å². The van der Waals surface area contributed by atoms with E-state index in [0.717, 1.165) is 39.1 Å². The maximum absolute atomic E-state index is 12.0. The molecule has 4 nitrogen and oxygen atoms in total. The zero-order valence-electron chi connectivity index (χ0n) is 9.71. The lowest BCUT2D eigenvalue weighted by Gasteiger charge is -2.53. The summed E-state index contributed by atoms with van der Waals surface area (Å²) in [6.45, 7) is 3.66. The second kappa shape index (κ2) is 4.00. The molecule has 0 unspecified atom stereocenters. The molecule has 0 aromatic carbocycles. The number of rotatable bonds is 1. The first-order valence-electron chi connectivity index (χ1n) is 6.45. The number of carbonyl (C=O) groups is 1. The first-order valence-corrected chi connectivity index (χ1v) is 6.45. The summed E-state index contributed by atoms with van der Waals surface area (Å²) in [6.07, 6.45) is 5.61. The monoisotopic (exact) mass is 224 g/mol. The van der Waals surface area contributed by atoms with Gasteiger partial charge in [0, 0.05) is 19.7 Å². The van der Waals surface area contributed by atoms with Crippen molar-refractivity contribution in [3.05, 3.63) is 0 Å². The Morgan fingerprint density at radius 1 is 1.31 bits per heavy atom. The summed E-state index contributed by atoms with van der Waals surface area (Å²) in [6, 6.07) is 0. The number of nitrogens with zero attached hydrogens (tertiary/aromatic N) is 1. The van der Waals surface area contributed by atoms with Crippen molar-refractivity contribution in [2.24, 2.45) is 0 Å². The zero-order valence-corrected chi connectivity index (χ0v) is 9.71. The first kappa shape index (κ1) is 10.5. The molecule has 0 aliphatic carbocycles. The largest absolute Gasteiger partial charge is 0.368 e. The molecule has 3 rings (SSSR count). The molecule has 3 saturated heterocycles. The Labute approximate surface area is 96.3 Å². The normalized spacial score (nSPS) is 32.8. The van der Waals surface area contributed by atoms with Crippen LogP contribution in [0.2, 0.25) is 0 Å². The molecule has 3 heterocycles. The second-order valence-electron chi connectivity index (χ2n) is 5.36. The molecule has 3 aliphatic heterocycles. The number of nitrogens with one attached hydrogen (secondary N) is 1. The Balaban J connectivity index is 1.53. The Hall–Kier alpha value is -0.610. The summed E-state index contributed by atoms with van der Waals surface area (Å²) in [5.41, 5.74) is 0.256. The van der Waals surface area contributed by atoms with E-state index in [2.05, 4.69) is 5.32 Å². The van der Waals surface area contributed by atoms with Crippen LogP contribution in [0.15, 0.2) is 0 Å².